The minimum Gasteiger partial charge on any atom is -0.294 e. The molecule has 0 heterocycles. The second-order valence-corrected chi connectivity index (χ2v) is 6.83. The first kappa shape index (κ1) is 13.4. The SMILES string of the molecule is Cc1c(Br)cccc1C(=O)CCS(C)(=O)=O. The van der Waals surface area contributed by atoms with Gasteiger partial charge in [-0.05, 0) is 18.6 Å². The Morgan fingerprint density at radius 3 is 2.56 bits per heavy atom. The van der Waals surface area contributed by atoms with Crippen molar-refractivity contribution >= 4 is 31.6 Å². The highest BCUT2D eigenvalue weighted by molar-refractivity contribution is 9.10. The van der Waals surface area contributed by atoms with E-state index in [0.29, 0.717) is 5.56 Å². The number of benzene rings is 1. The van der Waals surface area contributed by atoms with Gasteiger partial charge in [-0.1, -0.05) is 28.1 Å². The molecular weight excluding hydrogens is 292 g/mol. The molecule has 0 fully saturated rings. The van der Waals surface area contributed by atoms with Gasteiger partial charge in [0.2, 0.25) is 0 Å². The fourth-order valence-corrected chi connectivity index (χ4v) is 2.24. The monoisotopic (exact) mass is 304 g/mol. The van der Waals surface area contributed by atoms with Gasteiger partial charge in [0.05, 0.1) is 5.75 Å². The zero-order valence-electron chi connectivity index (χ0n) is 9.16. The van der Waals surface area contributed by atoms with Crippen LogP contribution in [0.15, 0.2) is 22.7 Å². The van der Waals surface area contributed by atoms with Crippen LogP contribution < -0.4 is 0 Å². The van der Waals surface area contributed by atoms with Gasteiger partial charge in [0, 0.05) is 22.7 Å². The van der Waals surface area contributed by atoms with Crippen LogP contribution in [0.4, 0.5) is 0 Å². The summed E-state index contributed by atoms with van der Waals surface area (Å²) in [7, 11) is -3.08. The molecule has 0 N–H and O–H groups in total. The van der Waals surface area contributed by atoms with Crippen molar-refractivity contribution in [3.05, 3.63) is 33.8 Å². The third-order valence-electron chi connectivity index (χ3n) is 2.27. The molecule has 1 aromatic rings. The molecule has 0 bridgehead atoms. The van der Waals surface area contributed by atoms with Crippen LogP contribution in [0, 0.1) is 6.92 Å². The summed E-state index contributed by atoms with van der Waals surface area (Å²) in [4.78, 5) is 11.8. The van der Waals surface area contributed by atoms with E-state index in [1.807, 2.05) is 13.0 Å². The van der Waals surface area contributed by atoms with Crippen LogP contribution in [0.3, 0.4) is 0 Å². The van der Waals surface area contributed by atoms with E-state index in [1.165, 1.54) is 0 Å². The Bertz CT molecular complexity index is 506. The normalized spacial score (nSPS) is 11.4. The number of hydrogen-bond donors (Lipinski definition) is 0. The van der Waals surface area contributed by atoms with Crippen LogP contribution in [0.1, 0.15) is 22.3 Å². The van der Waals surface area contributed by atoms with Crippen molar-refractivity contribution < 1.29 is 13.2 Å². The molecule has 5 heteroatoms. The first-order valence-electron chi connectivity index (χ1n) is 4.77. The zero-order chi connectivity index (χ0) is 12.3. The number of rotatable bonds is 4. The number of halogens is 1. The first-order valence-corrected chi connectivity index (χ1v) is 7.62. The molecule has 0 saturated heterocycles. The quantitative estimate of drug-likeness (QED) is 0.803. The maximum atomic E-state index is 11.8. The van der Waals surface area contributed by atoms with Crippen molar-refractivity contribution in [2.75, 3.05) is 12.0 Å². The van der Waals surface area contributed by atoms with E-state index >= 15 is 0 Å². The lowest BCUT2D eigenvalue weighted by molar-refractivity contribution is 0.0988. The van der Waals surface area contributed by atoms with Gasteiger partial charge in [-0.25, -0.2) is 8.42 Å². The number of carbonyl (C=O) groups is 1. The molecule has 0 amide bonds. The summed E-state index contributed by atoms with van der Waals surface area (Å²) in [6, 6.07) is 5.33. The van der Waals surface area contributed by atoms with Crippen LogP contribution in [0.25, 0.3) is 0 Å². The summed E-state index contributed by atoms with van der Waals surface area (Å²) in [5.41, 5.74) is 1.43. The molecule has 0 aliphatic heterocycles. The van der Waals surface area contributed by atoms with E-state index in [1.54, 1.807) is 12.1 Å². The van der Waals surface area contributed by atoms with Crippen molar-refractivity contribution in [3.8, 4) is 0 Å². The van der Waals surface area contributed by atoms with Crippen LogP contribution in [-0.4, -0.2) is 26.2 Å². The van der Waals surface area contributed by atoms with E-state index in [0.717, 1.165) is 16.3 Å². The molecular formula is C11H13BrO3S. The van der Waals surface area contributed by atoms with Crippen LogP contribution in [0.2, 0.25) is 0 Å². The summed E-state index contributed by atoms with van der Waals surface area (Å²) in [5, 5.41) is 0. The third kappa shape index (κ3) is 3.72. The zero-order valence-corrected chi connectivity index (χ0v) is 11.6. The molecule has 0 radical (unpaired) electrons. The highest BCUT2D eigenvalue weighted by atomic mass is 79.9. The second kappa shape index (κ2) is 5.10. The van der Waals surface area contributed by atoms with Crippen molar-refractivity contribution in [2.24, 2.45) is 0 Å². The van der Waals surface area contributed by atoms with Crippen molar-refractivity contribution in [2.45, 2.75) is 13.3 Å². The standard InChI is InChI=1S/C11H13BrO3S/c1-8-9(4-3-5-10(8)12)11(13)6-7-16(2,14)15/h3-5H,6-7H2,1-2H3. The maximum Gasteiger partial charge on any atom is 0.164 e. The van der Waals surface area contributed by atoms with Crippen LogP contribution >= 0.6 is 15.9 Å². The molecule has 1 rings (SSSR count). The van der Waals surface area contributed by atoms with Gasteiger partial charge in [-0.3, -0.25) is 4.79 Å². The Kier molecular flexibility index (Phi) is 4.27. The highest BCUT2D eigenvalue weighted by Crippen LogP contribution is 2.20. The molecule has 0 spiro atoms. The number of hydrogen-bond acceptors (Lipinski definition) is 3. The van der Waals surface area contributed by atoms with E-state index in [2.05, 4.69) is 15.9 Å². The lowest BCUT2D eigenvalue weighted by atomic mass is 10.0. The number of Topliss-reactive ketones (excluding diaryl/α,β-unsaturated/α-hetero) is 1. The molecule has 0 unspecified atom stereocenters. The summed E-state index contributed by atoms with van der Waals surface area (Å²) < 4.78 is 22.8. The van der Waals surface area contributed by atoms with Crippen LogP contribution in [0.5, 0.6) is 0 Å². The molecule has 0 saturated carbocycles. The van der Waals surface area contributed by atoms with Crippen molar-refractivity contribution in [1.82, 2.24) is 0 Å². The molecule has 1 aromatic carbocycles. The smallest absolute Gasteiger partial charge is 0.164 e. The van der Waals surface area contributed by atoms with E-state index in [9.17, 15) is 13.2 Å². The maximum absolute atomic E-state index is 11.8. The second-order valence-electron chi connectivity index (χ2n) is 3.72. The Morgan fingerprint density at radius 1 is 1.38 bits per heavy atom. The summed E-state index contributed by atoms with van der Waals surface area (Å²) in [5.74, 6) is -0.234. The summed E-state index contributed by atoms with van der Waals surface area (Å²) >= 11 is 3.33. The van der Waals surface area contributed by atoms with E-state index < -0.39 is 9.84 Å². The summed E-state index contributed by atoms with van der Waals surface area (Å²) in [6.45, 7) is 1.83. The average molecular weight is 305 g/mol. The summed E-state index contributed by atoms with van der Waals surface area (Å²) in [6.07, 6.45) is 1.17. The van der Waals surface area contributed by atoms with Crippen LogP contribution in [-0.2, 0) is 9.84 Å². The predicted molar refractivity (Wildman–Crippen MR) is 67.5 cm³/mol. The fourth-order valence-electron chi connectivity index (χ4n) is 1.32. The topological polar surface area (TPSA) is 51.2 Å². The minimum atomic E-state index is -3.08. The Labute approximate surface area is 104 Å². The van der Waals surface area contributed by atoms with E-state index in [4.69, 9.17) is 0 Å². The van der Waals surface area contributed by atoms with Gasteiger partial charge in [0.25, 0.3) is 0 Å². The lowest BCUT2D eigenvalue weighted by Crippen LogP contribution is -2.10. The Hall–Kier alpha value is -0.680. The fraction of sp³-hybridized carbons (Fsp3) is 0.364. The lowest BCUT2D eigenvalue weighted by Gasteiger charge is -2.05. The molecule has 3 nitrogen and oxygen atoms in total. The number of ketones is 1. The Balaban J connectivity index is 2.86. The van der Waals surface area contributed by atoms with Gasteiger partial charge >= 0.3 is 0 Å². The largest absolute Gasteiger partial charge is 0.294 e. The Morgan fingerprint density at radius 2 is 2.00 bits per heavy atom. The van der Waals surface area contributed by atoms with Gasteiger partial charge in [0.15, 0.2) is 5.78 Å². The number of carbonyl (C=O) groups excluding carboxylic acids is 1. The molecule has 0 aliphatic carbocycles. The molecule has 0 atom stereocenters. The molecule has 0 aliphatic rings. The van der Waals surface area contributed by atoms with Gasteiger partial charge in [-0.2, -0.15) is 0 Å². The van der Waals surface area contributed by atoms with Gasteiger partial charge < -0.3 is 0 Å². The highest BCUT2D eigenvalue weighted by Gasteiger charge is 2.13. The average Bonchev–Trinajstić information content (AvgIpc) is 2.17. The van der Waals surface area contributed by atoms with Gasteiger partial charge in [0.1, 0.15) is 9.84 Å². The number of sulfone groups is 1. The van der Waals surface area contributed by atoms with Crippen molar-refractivity contribution in [1.29, 1.82) is 0 Å². The minimum absolute atomic E-state index is 0.0378. The molecule has 16 heavy (non-hydrogen) atoms. The molecule has 88 valence electrons. The third-order valence-corrected chi connectivity index (χ3v) is 4.07. The molecule has 0 aromatic heterocycles. The van der Waals surface area contributed by atoms with E-state index in [-0.39, 0.29) is 18.0 Å². The predicted octanol–water partition coefficient (Wildman–Crippen LogP) is 2.37. The van der Waals surface area contributed by atoms with Gasteiger partial charge in [-0.15, -0.1) is 0 Å². The first-order chi connectivity index (χ1) is 7.31. The van der Waals surface area contributed by atoms with Crippen molar-refractivity contribution in [3.63, 3.8) is 0 Å².